The molecule has 0 bridgehead atoms. The van der Waals surface area contributed by atoms with Gasteiger partial charge in [0, 0.05) is 6.42 Å². The van der Waals surface area contributed by atoms with Crippen molar-refractivity contribution < 1.29 is 22.8 Å². The number of rotatable bonds is 8. The SMILES string of the molecule is Cc1ccc(Nc2ccc(CNC(=O)C3(CC(=O)c4cnc(N)s4)CC3)nc2)c(C(F)(F)F)c1. The molecular weight excluding hydrogens is 467 g/mol. The van der Waals surface area contributed by atoms with E-state index < -0.39 is 17.2 Å². The normalized spacial score (nSPS) is 14.5. The number of carbonyl (C=O) groups is 2. The molecular formula is C23H22F3N5O2S. The average molecular weight is 490 g/mol. The van der Waals surface area contributed by atoms with Crippen molar-refractivity contribution in [3.8, 4) is 0 Å². The van der Waals surface area contributed by atoms with Crippen molar-refractivity contribution in [3.63, 3.8) is 0 Å². The molecule has 1 fully saturated rings. The Kier molecular flexibility index (Phi) is 6.30. The first-order valence-corrected chi connectivity index (χ1v) is 11.3. The van der Waals surface area contributed by atoms with E-state index in [1.54, 1.807) is 25.1 Å². The minimum atomic E-state index is -4.49. The number of thiazole rings is 1. The molecule has 2 heterocycles. The Balaban J connectivity index is 1.35. The van der Waals surface area contributed by atoms with E-state index >= 15 is 0 Å². The van der Waals surface area contributed by atoms with Gasteiger partial charge in [-0.25, -0.2) is 4.98 Å². The molecule has 0 radical (unpaired) electrons. The Labute approximate surface area is 197 Å². The summed E-state index contributed by atoms with van der Waals surface area (Å²) in [6.45, 7) is 1.74. The predicted octanol–water partition coefficient (Wildman–Crippen LogP) is 4.86. The van der Waals surface area contributed by atoms with Crippen molar-refractivity contribution in [2.24, 2.45) is 5.41 Å². The highest BCUT2D eigenvalue weighted by atomic mass is 32.1. The van der Waals surface area contributed by atoms with E-state index in [1.807, 2.05) is 0 Å². The van der Waals surface area contributed by atoms with Gasteiger partial charge >= 0.3 is 6.18 Å². The Morgan fingerprint density at radius 3 is 2.50 bits per heavy atom. The van der Waals surface area contributed by atoms with Crippen LogP contribution in [0.3, 0.4) is 0 Å². The van der Waals surface area contributed by atoms with Crippen LogP contribution >= 0.6 is 11.3 Å². The number of Topliss-reactive ketones (excluding diaryl/α,β-unsaturated/α-hetero) is 1. The standard InChI is InChI=1S/C23H22F3N5O2S/c1-13-2-5-17(16(8-13)23(24,25)26)31-15-4-3-14(28-11-15)10-29-20(33)22(6-7-22)9-18(32)19-12-30-21(27)34-19/h2-5,8,11-12,31H,6-7,9-10H2,1H3,(H2,27,30)(H,29,33). The first-order valence-electron chi connectivity index (χ1n) is 10.5. The highest BCUT2D eigenvalue weighted by Gasteiger charge is 2.51. The van der Waals surface area contributed by atoms with Gasteiger partial charge in [-0.1, -0.05) is 23.0 Å². The molecule has 4 N–H and O–H groups in total. The second-order valence-electron chi connectivity index (χ2n) is 8.34. The number of nitrogens with zero attached hydrogens (tertiary/aromatic N) is 2. The fourth-order valence-electron chi connectivity index (χ4n) is 3.56. The summed E-state index contributed by atoms with van der Waals surface area (Å²) in [5.74, 6) is -0.387. The van der Waals surface area contributed by atoms with Gasteiger partial charge in [-0.05, 0) is 44.0 Å². The van der Waals surface area contributed by atoms with E-state index in [9.17, 15) is 22.8 Å². The number of benzene rings is 1. The number of amides is 1. The van der Waals surface area contributed by atoms with Gasteiger partial charge in [0.15, 0.2) is 10.9 Å². The number of halogens is 3. The summed E-state index contributed by atoms with van der Waals surface area (Å²) >= 11 is 1.10. The number of hydrogen-bond acceptors (Lipinski definition) is 7. The molecule has 0 saturated heterocycles. The quantitative estimate of drug-likeness (QED) is 0.390. The third-order valence-electron chi connectivity index (χ3n) is 5.65. The molecule has 11 heteroatoms. The Morgan fingerprint density at radius 2 is 1.91 bits per heavy atom. The summed E-state index contributed by atoms with van der Waals surface area (Å²) < 4.78 is 40.0. The fourth-order valence-corrected chi connectivity index (χ4v) is 4.19. The first-order chi connectivity index (χ1) is 16.1. The number of anilines is 3. The number of carbonyl (C=O) groups excluding carboxylic acids is 2. The molecule has 2 aromatic heterocycles. The van der Waals surface area contributed by atoms with Crippen molar-refractivity contribution in [3.05, 3.63) is 64.4 Å². The second kappa shape index (κ2) is 9.05. The van der Waals surface area contributed by atoms with Gasteiger partial charge in [-0.2, -0.15) is 13.2 Å². The topological polar surface area (TPSA) is 110 Å². The molecule has 34 heavy (non-hydrogen) atoms. The molecule has 3 aromatic rings. The molecule has 1 amide bonds. The average Bonchev–Trinajstić information content (AvgIpc) is 3.44. The third kappa shape index (κ3) is 5.36. The summed E-state index contributed by atoms with van der Waals surface area (Å²) in [5, 5.41) is 5.86. The maximum atomic E-state index is 13.3. The van der Waals surface area contributed by atoms with Crippen molar-refractivity contribution in [2.45, 2.75) is 38.9 Å². The van der Waals surface area contributed by atoms with Crippen LogP contribution in [0, 0.1) is 12.3 Å². The first kappa shape index (κ1) is 23.7. The lowest BCUT2D eigenvalue weighted by Crippen LogP contribution is -2.33. The lowest BCUT2D eigenvalue weighted by Gasteiger charge is -2.16. The van der Waals surface area contributed by atoms with Crippen LogP contribution in [0.1, 0.15) is 45.8 Å². The van der Waals surface area contributed by atoms with Crippen molar-refractivity contribution in [1.82, 2.24) is 15.3 Å². The van der Waals surface area contributed by atoms with Crippen LogP contribution < -0.4 is 16.4 Å². The predicted molar refractivity (Wildman–Crippen MR) is 123 cm³/mol. The van der Waals surface area contributed by atoms with E-state index in [0.717, 1.165) is 17.4 Å². The molecule has 4 rings (SSSR count). The monoisotopic (exact) mass is 489 g/mol. The van der Waals surface area contributed by atoms with Crippen LogP contribution in [-0.4, -0.2) is 21.7 Å². The maximum absolute atomic E-state index is 13.3. The molecule has 7 nitrogen and oxygen atoms in total. The number of nitrogens with one attached hydrogen (secondary N) is 2. The van der Waals surface area contributed by atoms with Crippen molar-refractivity contribution in [2.75, 3.05) is 11.1 Å². The van der Waals surface area contributed by atoms with Gasteiger partial charge in [0.25, 0.3) is 0 Å². The van der Waals surface area contributed by atoms with Gasteiger partial charge in [0.1, 0.15) is 0 Å². The highest BCUT2D eigenvalue weighted by Crippen LogP contribution is 2.50. The van der Waals surface area contributed by atoms with Gasteiger partial charge < -0.3 is 16.4 Å². The number of hydrogen-bond donors (Lipinski definition) is 3. The molecule has 178 valence electrons. The molecule has 0 spiro atoms. The number of alkyl halides is 3. The van der Waals surface area contributed by atoms with Crippen LogP contribution in [-0.2, 0) is 17.5 Å². The number of ketones is 1. The zero-order valence-corrected chi connectivity index (χ0v) is 19.0. The smallest absolute Gasteiger partial charge is 0.375 e. The number of nitrogens with two attached hydrogens (primary N) is 1. The molecule has 1 aliphatic rings. The summed E-state index contributed by atoms with van der Waals surface area (Å²) in [7, 11) is 0. The van der Waals surface area contributed by atoms with Gasteiger partial charge in [0.05, 0.1) is 51.9 Å². The molecule has 1 saturated carbocycles. The minimum Gasteiger partial charge on any atom is -0.375 e. The highest BCUT2D eigenvalue weighted by molar-refractivity contribution is 7.17. The molecule has 1 aliphatic carbocycles. The second-order valence-corrected chi connectivity index (χ2v) is 9.40. The number of aryl methyl sites for hydroxylation is 1. The largest absolute Gasteiger partial charge is 0.418 e. The molecule has 0 aliphatic heterocycles. The van der Waals surface area contributed by atoms with Crippen LogP contribution in [0.2, 0.25) is 0 Å². The summed E-state index contributed by atoms with van der Waals surface area (Å²) in [6, 6.07) is 7.27. The number of pyridine rings is 1. The fraction of sp³-hybridized carbons (Fsp3) is 0.304. The lowest BCUT2D eigenvalue weighted by atomic mass is 9.98. The Hall–Kier alpha value is -3.47. The van der Waals surface area contributed by atoms with Crippen molar-refractivity contribution in [1.29, 1.82) is 0 Å². The van der Waals surface area contributed by atoms with Crippen LogP contribution in [0.5, 0.6) is 0 Å². The van der Waals surface area contributed by atoms with Gasteiger partial charge in [-0.3, -0.25) is 14.6 Å². The summed E-state index contributed by atoms with van der Waals surface area (Å²) in [4.78, 5) is 33.6. The van der Waals surface area contributed by atoms with E-state index in [-0.39, 0.29) is 30.3 Å². The van der Waals surface area contributed by atoms with Gasteiger partial charge in [0.2, 0.25) is 5.91 Å². The van der Waals surface area contributed by atoms with Crippen molar-refractivity contribution >= 4 is 39.5 Å². The van der Waals surface area contributed by atoms with Crippen LogP contribution in [0.25, 0.3) is 0 Å². The summed E-state index contributed by atoms with van der Waals surface area (Å²) in [5.41, 5.74) is 5.45. The zero-order valence-electron chi connectivity index (χ0n) is 18.2. The summed E-state index contributed by atoms with van der Waals surface area (Å²) in [6.07, 6.45) is -0.329. The van der Waals surface area contributed by atoms with E-state index in [0.29, 0.717) is 39.8 Å². The van der Waals surface area contributed by atoms with E-state index in [1.165, 1.54) is 18.5 Å². The van der Waals surface area contributed by atoms with Gasteiger partial charge in [-0.15, -0.1) is 0 Å². The molecule has 0 unspecified atom stereocenters. The van der Waals surface area contributed by atoms with E-state index in [2.05, 4.69) is 20.6 Å². The minimum absolute atomic E-state index is 0.0657. The molecule has 1 aromatic carbocycles. The zero-order chi connectivity index (χ0) is 24.5. The number of aromatic nitrogens is 2. The maximum Gasteiger partial charge on any atom is 0.418 e. The van der Waals surface area contributed by atoms with E-state index in [4.69, 9.17) is 5.73 Å². The Bertz CT molecular complexity index is 1220. The lowest BCUT2D eigenvalue weighted by molar-refractivity contribution is -0.137. The Morgan fingerprint density at radius 1 is 1.15 bits per heavy atom. The van der Waals surface area contributed by atoms with Crippen LogP contribution in [0.4, 0.5) is 29.7 Å². The number of nitrogen functional groups attached to an aromatic ring is 1. The van der Waals surface area contributed by atoms with Crippen LogP contribution in [0.15, 0.2) is 42.7 Å². The third-order valence-corrected chi connectivity index (χ3v) is 6.51. The molecule has 0 atom stereocenters.